The van der Waals surface area contributed by atoms with Gasteiger partial charge in [-0.3, -0.25) is 0 Å². The van der Waals surface area contributed by atoms with Gasteiger partial charge in [-0.2, -0.15) is 0 Å². The molecule has 30 heavy (non-hydrogen) atoms. The van der Waals surface area contributed by atoms with Crippen molar-refractivity contribution in [2.45, 2.75) is 26.3 Å². The Hall–Kier alpha value is -2.03. The first kappa shape index (κ1) is 22.7. The normalized spacial score (nSPS) is 17.1. The maximum absolute atomic E-state index is 4.94. The Labute approximate surface area is 197 Å². The van der Waals surface area contributed by atoms with Gasteiger partial charge in [0.1, 0.15) is 5.82 Å². The maximum Gasteiger partial charge on any atom is 0.194 e. The van der Waals surface area contributed by atoms with E-state index in [1.54, 1.807) is 0 Å². The summed E-state index contributed by atoms with van der Waals surface area (Å²) < 4.78 is 0. The van der Waals surface area contributed by atoms with Crippen LogP contribution in [-0.4, -0.2) is 61.7 Å². The van der Waals surface area contributed by atoms with Crippen LogP contribution in [0, 0.1) is 0 Å². The number of piperazine rings is 1. The Balaban J connectivity index is 0.00000256. The van der Waals surface area contributed by atoms with Crippen LogP contribution in [0.5, 0.6) is 0 Å². The van der Waals surface area contributed by atoms with Crippen LogP contribution in [0.2, 0.25) is 0 Å². The van der Waals surface area contributed by atoms with E-state index in [2.05, 4.69) is 74.4 Å². The summed E-state index contributed by atoms with van der Waals surface area (Å²) in [4.78, 5) is 16.7. The second kappa shape index (κ2) is 11.4. The molecule has 3 heterocycles. The van der Waals surface area contributed by atoms with Crippen molar-refractivity contribution >= 4 is 41.4 Å². The molecule has 1 N–H and O–H groups in total. The van der Waals surface area contributed by atoms with E-state index in [0.717, 1.165) is 57.6 Å². The minimum absolute atomic E-state index is 0. The summed E-state index contributed by atoms with van der Waals surface area (Å²) in [5.74, 6) is 2.11. The van der Waals surface area contributed by atoms with Gasteiger partial charge in [-0.25, -0.2) is 9.98 Å². The van der Waals surface area contributed by atoms with Crippen LogP contribution < -0.4 is 15.1 Å². The van der Waals surface area contributed by atoms with E-state index in [1.807, 2.05) is 6.20 Å². The fraction of sp³-hybridized carbons (Fsp3) is 0.478. The van der Waals surface area contributed by atoms with Gasteiger partial charge in [-0.15, -0.1) is 24.0 Å². The molecule has 1 aromatic heterocycles. The Bertz CT molecular complexity index is 798. The summed E-state index contributed by atoms with van der Waals surface area (Å²) in [6.07, 6.45) is 4.46. The summed E-state index contributed by atoms with van der Waals surface area (Å²) in [5.41, 5.74) is 2.53. The molecule has 2 aliphatic rings. The van der Waals surface area contributed by atoms with E-state index in [-0.39, 0.29) is 24.0 Å². The zero-order valence-electron chi connectivity index (χ0n) is 17.8. The smallest absolute Gasteiger partial charge is 0.194 e. The third-order valence-corrected chi connectivity index (χ3v) is 5.69. The fourth-order valence-electron chi connectivity index (χ4n) is 4.09. The van der Waals surface area contributed by atoms with Gasteiger partial charge < -0.3 is 20.0 Å². The molecule has 6 nitrogen and oxygen atoms in total. The monoisotopic (exact) mass is 520 g/mol. The van der Waals surface area contributed by atoms with Crippen molar-refractivity contribution in [2.75, 3.05) is 55.6 Å². The number of benzene rings is 1. The first-order valence-electron chi connectivity index (χ1n) is 10.9. The van der Waals surface area contributed by atoms with Crippen LogP contribution in [0.1, 0.15) is 25.3 Å². The summed E-state index contributed by atoms with van der Waals surface area (Å²) in [6, 6.07) is 15.0. The molecule has 0 saturated carbocycles. The molecule has 4 rings (SSSR count). The third kappa shape index (κ3) is 5.77. The van der Waals surface area contributed by atoms with Crippen molar-refractivity contribution in [2.24, 2.45) is 4.99 Å². The van der Waals surface area contributed by atoms with Gasteiger partial charge >= 0.3 is 0 Å². The van der Waals surface area contributed by atoms with E-state index in [1.165, 1.54) is 24.1 Å². The van der Waals surface area contributed by atoms with Gasteiger partial charge in [0.2, 0.25) is 0 Å². The highest BCUT2D eigenvalue weighted by Gasteiger charge is 2.20. The summed E-state index contributed by atoms with van der Waals surface area (Å²) in [6.45, 7) is 9.94. The highest BCUT2D eigenvalue weighted by atomic mass is 127. The fourth-order valence-corrected chi connectivity index (χ4v) is 4.09. The molecule has 0 atom stereocenters. The average molecular weight is 520 g/mol. The second-order valence-corrected chi connectivity index (χ2v) is 7.70. The van der Waals surface area contributed by atoms with Gasteiger partial charge in [0, 0.05) is 57.7 Å². The topological polar surface area (TPSA) is 47.0 Å². The lowest BCUT2D eigenvalue weighted by molar-refractivity contribution is 0.372. The highest BCUT2D eigenvalue weighted by Crippen LogP contribution is 2.19. The molecule has 2 aromatic rings. The van der Waals surface area contributed by atoms with E-state index < -0.39 is 0 Å². The van der Waals surface area contributed by atoms with Crippen LogP contribution in [-0.2, 0) is 6.54 Å². The lowest BCUT2D eigenvalue weighted by Crippen LogP contribution is -2.52. The maximum atomic E-state index is 4.94. The Morgan fingerprint density at radius 3 is 2.40 bits per heavy atom. The average Bonchev–Trinajstić information content (AvgIpc) is 3.33. The third-order valence-electron chi connectivity index (χ3n) is 5.69. The molecular weight excluding hydrogens is 487 g/mol. The number of hydrogen-bond acceptors (Lipinski definition) is 4. The van der Waals surface area contributed by atoms with E-state index in [0.29, 0.717) is 6.54 Å². The number of nitrogens with one attached hydrogen (secondary N) is 1. The van der Waals surface area contributed by atoms with Crippen LogP contribution in [0.3, 0.4) is 0 Å². The zero-order valence-corrected chi connectivity index (χ0v) is 20.2. The quantitative estimate of drug-likeness (QED) is 0.371. The highest BCUT2D eigenvalue weighted by molar-refractivity contribution is 14.0. The number of halogens is 1. The van der Waals surface area contributed by atoms with E-state index >= 15 is 0 Å². The molecule has 0 amide bonds. The first-order valence-corrected chi connectivity index (χ1v) is 10.9. The standard InChI is InChI=1S/C23H32N6.HI/c1-2-24-23(29-16-14-27(15-17-29)21-8-4-3-5-9-21)26-19-20-10-11-25-22(18-20)28-12-6-7-13-28;/h3-5,8-11,18H,2,6-7,12-17,19H2,1H3,(H,24,26);1H. The second-order valence-electron chi connectivity index (χ2n) is 7.70. The number of para-hydroxylation sites is 1. The van der Waals surface area contributed by atoms with Gasteiger partial charge in [0.25, 0.3) is 0 Å². The minimum atomic E-state index is 0. The van der Waals surface area contributed by atoms with Gasteiger partial charge in [-0.05, 0) is 49.6 Å². The number of anilines is 2. The van der Waals surface area contributed by atoms with Gasteiger partial charge in [-0.1, -0.05) is 18.2 Å². The van der Waals surface area contributed by atoms with E-state index in [9.17, 15) is 0 Å². The predicted molar refractivity (Wildman–Crippen MR) is 136 cm³/mol. The van der Waals surface area contributed by atoms with Crippen molar-refractivity contribution in [3.05, 3.63) is 54.2 Å². The minimum Gasteiger partial charge on any atom is -0.368 e. The number of aromatic nitrogens is 1. The van der Waals surface area contributed by atoms with Crippen LogP contribution >= 0.6 is 24.0 Å². The largest absolute Gasteiger partial charge is 0.368 e. The molecule has 2 aliphatic heterocycles. The van der Waals surface area contributed by atoms with Crippen LogP contribution in [0.4, 0.5) is 11.5 Å². The number of rotatable bonds is 5. The molecule has 2 fully saturated rings. The molecule has 7 heteroatoms. The lowest BCUT2D eigenvalue weighted by Gasteiger charge is -2.37. The summed E-state index contributed by atoms with van der Waals surface area (Å²) in [5, 5.41) is 3.48. The summed E-state index contributed by atoms with van der Waals surface area (Å²) >= 11 is 0. The molecular formula is C23H33IN6. The van der Waals surface area contributed by atoms with Crippen molar-refractivity contribution in [1.82, 2.24) is 15.2 Å². The zero-order chi connectivity index (χ0) is 19.9. The number of pyridine rings is 1. The molecule has 0 radical (unpaired) electrons. The Morgan fingerprint density at radius 2 is 1.70 bits per heavy atom. The number of hydrogen-bond donors (Lipinski definition) is 1. The summed E-state index contributed by atoms with van der Waals surface area (Å²) in [7, 11) is 0. The van der Waals surface area contributed by atoms with Gasteiger partial charge in [0.05, 0.1) is 6.54 Å². The van der Waals surface area contributed by atoms with Crippen molar-refractivity contribution < 1.29 is 0 Å². The Kier molecular flexibility index (Phi) is 8.60. The Morgan fingerprint density at radius 1 is 0.967 bits per heavy atom. The molecule has 1 aromatic carbocycles. The first-order chi connectivity index (χ1) is 14.3. The number of nitrogens with zero attached hydrogens (tertiary/aromatic N) is 5. The molecule has 0 unspecified atom stereocenters. The van der Waals surface area contributed by atoms with Crippen LogP contribution in [0.25, 0.3) is 0 Å². The molecule has 2 saturated heterocycles. The van der Waals surface area contributed by atoms with Crippen molar-refractivity contribution in [3.8, 4) is 0 Å². The van der Waals surface area contributed by atoms with Crippen molar-refractivity contribution in [3.63, 3.8) is 0 Å². The van der Waals surface area contributed by atoms with Gasteiger partial charge in [0.15, 0.2) is 5.96 Å². The predicted octanol–water partition coefficient (Wildman–Crippen LogP) is 3.59. The molecule has 0 aliphatic carbocycles. The number of guanidine groups is 1. The number of aliphatic imine (C=N–C) groups is 1. The molecule has 162 valence electrons. The van der Waals surface area contributed by atoms with E-state index in [4.69, 9.17) is 4.99 Å². The lowest BCUT2D eigenvalue weighted by atomic mass is 10.2. The SMILES string of the molecule is CCNC(=NCc1ccnc(N2CCCC2)c1)N1CCN(c2ccccc2)CC1.I. The van der Waals surface area contributed by atoms with Crippen molar-refractivity contribution in [1.29, 1.82) is 0 Å². The molecule has 0 spiro atoms. The molecule has 0 bridgehead atoms. The van der Waals surface area contributed by atoms with Crippen LogP contribution in [0.15, 0.2) is 53.7 Å².